The molecule has 1 N–H and O–H groups in total. The van der Waals surface area contributed by atoms with Gasteiger partial charge in [-0.15, -0.1) is 0 Å². The van der Waals surface area contributed by atoms with Gasteiger partial charge >= 0.3 is 5.97 Å². The molecule has 140 valence electrons. The predicted molar refractivity (Wildman–Crippen MR) is 96.4 cm³/mol. The van der Waals surface area contributed by atoms with Crippen LogP contribution < -0.4 is 0 Å². The topological polar surface area (TPSA) is 57.6 Å². The molecule has 4 unspecified atom stereocenters. The quantitative estimate of drug-likeness (QED) is 0.734. The summed E-state index contributed by atoms with van der Waals surface area (Å²) in [5, 5.41) is 9.99. The third kappa shape index (κ3) is 1.44. The first-order valence-corrected chi connectivity index (χ1v) is 10.6. The number of carboxylic acid groups (broad SMARTS) is 1. The second-order valence-electron chi connectivity index (χ2n) is 10.4. The van der Waals surface area contributed by atoms with Crippen LogP contribution in [0.4, 0.5) is 0 Å². The summed E-state index contributed by atoms with van der Waals surface area (Å²) >= 11 is 0. The number of Topliss-reactive ketones (excluding diaryl/α,β-unsaturated/α-hetero) is 1. The first kappa shape index (κ1) is 15.9. The van der Waals surface area contributed by atoms with Crippen LogP contribution in [0.2, 0.25) is 0 Å². The number of ketones is 1. The van der Waals surface area contributed by atoms with Gasteiger partial charge in [0.05, 0.1) is 11.3 Å². The summed E-state index contributed by atoms with van der Waals surface area (Å²) in [6, 6.07) is 0.479. The van der Waals surface area contributed by atoms with Gasteiger partial charge in [0, 0.05) is 30.5 Å². The van der Waals surface area contributed by atoms with Crippen molar-refractivity contribution >= 4 is 11.8 Å². The second kappa shape index (κ2) is 4.63. The van der Waals surface area contributed by atoms with Crippen molar-refractivity contribution in [2.24, 2.45) is 40.4 Å². The number of aliphatic carboxylic acids is 1. The maximum absolute atomic E-state index is 14.1. The van der Waals surface area contributed by atoms with Gasteiger partial charge in [-0.25, -0.2) is 0 Å². The van der Waals surface area contributed by atoms with E-state index in [-0.39, 0.29) is 23.2 Å². The lowest BCUT2D eigenvalue weighted by atomic mass is 9.45. The minimum absolute atomic E-state index is 0.0510. The first-order valence-electron chi connectivity index (χ1n) is 10.6. The van der Waals surface area contributed by atoms with E-state index in [9.17, 15) is 14.7 Å². The Balaban J connectivity index is 1.65. The van der Waals surface area contributed by atoms with Crippen LogP contribution in [0.1, 0.15) is 52.4 Å². The highest BCUT2D eigenvalue weighted by Gasteiger charge is 2.76. The van der Waals surface area contributed by atoms with E-state index in [0.717, 1.165) is 38.8 Å². The van der Waals surface area contributed by atoms with Crippen molar-refractivity contribution in [3.63, 3.8) is 0 Å². The fourth-order valence-corrected chi connectivity index (χ4v) is 8.87. The summed E-state index contributed by atoms with van der Waals surface area (Å²) in [5.41, 5.74) is 2.32. The molecule has 2 saturated carbocycles. The molecule has 0 aromatic heterocycles. The van der Waals surface area contributed by atoms with E-state index in [0.29, 0.717) is 30.1 Å². The smallest absolute Gasteiger partial charge is 0.307 e. The zero-order valence-electron chi connectivity index (χ0n) is 15.8. The van der Waals surface area contributed by atoms with Crippen molar-refractivity contribution in [3.8, 4) is 0 Å². The summed E-state index contributed by atoms with van der Waals surface area (Å²) in [6.45, 7) is 6.82. The van der Waals surface area contributed by atoms with Crippen LogP contribution in [-0.2, 0) is 9.59 Å². The van der Waals surface area contributed by atoms with Crippen molar-refractivity contribution in [3.05, 3.63) is 11.1 Å². The van der Waals surface area contributed by atoms with Gasteiger partial charge < -0.3 is 5.11 Å². The molecule has 1 spiro atoms. The number of carbonyl (C=O) groups is 2. The Morgan fingerprint density at radius 2 is 1.96 bits per heavy atom. The summed E-state index contributed by atoms with van der Waals surface area (Å²) in [7, 11) is 0. The lowest BCUT2D eigenvalue weighted by Crippen LogP contribution is -2.64. The highest BCUT2D eigenvalue weighted by atomic mass is 16.4. The average Bonchev–Trinajstić information content (AvgIpc) is 3.21. The van der Waals surface area contributed by atoms with Gasteiger partial charge in [-0.3, -0.25) is 14.5 Å². The lowest BCUT2D eigenvalue weighted by molar-refractivity contribution is -0.158. The highest BCUT2D eigenvalue weighted by Crippen LogP contribution is 2.74. The minimum Gasteiger partial charge on any atom is -0.481 e. The molecule has 2 bridgehead atoms. The molecule has 26 heavy (non-hydrogen) atoms. The van der Waals surface area contributed by atoms with Crippen LogP contribution in [-0.4, -0.2) is 40.9 Å². The van der Waals surface area contributed by atoms with E-state index >= 15 is 0 Å². The third-order valence-electron chi connectivity index (χ3n) is 9.89. The van der Waals surface area contributed by atoms with Crippen molar-refractivity contribution in [2.45, 2.75) is 58.4 Å². The zero-order chi connectivity index (χ0) is 18.0. The van der Waals surface area contributed by atoms with Crippen LogP contribution in [0, 0.1) is 40.4 Å². The molecule has 6 rings (SSSR count). The van der Waals surface area contributed by atoms with E-state index in [1.54, 1.807) is 0 Å². The molecule has 6 aliphatic rings. The number of fused-ring (bicyclic) bond motifs is 1. The summed E-state index contributed by atoms with van der Waals surface area (Å²) in [4.78, 5) is 29.0. The number of piperidine rings is 1. The number of rotatable bonds is 1. The molecular weight excluding hydrogens is 326 g/mol. The van der Waals surface area contributed by atoms with E-state index in [4.69, 9.17) is 0 Å². The van der Waals surface area contributed by atoms with E-state index in [2.05, 4.69) is 18.7 Å². The Bertz CT molecular complexity index is 771. The lowest BCUT2D eigenvalue weighted by Gasteiger charge is -2.59. The van der Waals surface area contributed by atoms with Crippen LogP contribution >= 0.6 is 0 Å². The van der Waals surface area contributed by atoms with E-state index < -0.39 is 11.4 Å². The van der Waals surface area contributed by atoms with E-state index in [1.807, 2.05) is 0 Å². The van der Waals surface area contributed by atoms with Crippen molar-refractivity contribution in [1.82, 2.24) is 4.90 Å². The maximum Gasteiger partial charge on any atom is 0.307 e. The Kier molecular flexibility index (Phi) is 2.82. The normalized spacial score (nSPS) is 54.5. The molecule has 0 amide bonds. The molecule has 2 heterocycles. The van der Waals surface area contributed by atoms with Crippen molar-refractivity contribution in [1.29, 1.82) is 0 Å². The summed E-state index contributed by atoms with van der Waals surface area (Å²) in [5.74, 6) is 0.657. The van der Waals surface area contributed by atoms with Crippen LogP contribution in [0.15, 0.2) is 11.1 Å². The molecule has 4 aliphatic carbocycles. The number of nitrogens with zero attached hydrogens (tertiary/aromatic N) is 1. The Labute approximate surface area is 155 Å². The van der Waals surface area contributed by atoms with Gasteiger partial charge in [-0.1, -0.05) is 25.0 Å². The molecule has 0 aromatic rings. The summed E-state index contributed by atoms with van der Waals surface area (Å²) < 4.78 is 0. The fraction of sp³-hybridized carbons (Fsp3) is 0.818. The second-order valence-corrected chi connectivity index (χ2v) is 10.4. The van der Waals surface area contributed by atoms with Crippen molar-refractivity contribution in [2.75, 3.05) is 13.1 Å². The SMILES string of the molecule is CC1CN2CC3CCC4=C5[C@H](CC4)C(C(=O)O)C[C@@]54C(=O)[C@H]1CC2[C@@]34C. The van der Waals surface area contributed by atoms with Gasteiger partial charge in [-0.2, -0.15) is 0 Å². The van der Waals surface area contributed by atoms with Crippen LogP contribution in [0.5, 0.6) is 0 Å². The van der Waals surface area contributed by atoms with Gasteiger partial charge in [0.2, 0.25) is 0 Å². The first-order chi connectivity index (χ1) is 12.4. The van der Waals surface area contributed by atoms with Gasteiger partial charge in [-0.05, 0) is 56.3 Å². The zero-order valence-corrected chi connectivity index (χ0v) is 15.8. The number of hydrogen-bond acceptors (Lipinski definition) is 3. The molecule has 4 fully saturated rings. The van der Waals surface area contributed by atoms with Crippen molar-refractivity contribution < 1.29 is 14.7 Å². The Morgan fingerprint density at radius 3 is 2.73 bits per heavy atom. The van der Waals surface area contributed by atoms with Crippen LogP contribution in [0.25, 0.3) is 0 Å². The number of allylic oxidation sites excluding steroid dienone is 2. The van der Waals surface area contributed by atoms with Gasteiger partial charge in [0.25, 0.3) is 0 Å². The monoisotopic (exact) mass is 355 g/mol. The predicted octanol–water partition coefficient (Wildman–Crippen LogP) is 3.12. The number of carboxylic acids is 1. The molecule has 4 nitrogen and oxygen atoms in total. The minimum atomic E-state index is -0.669. The van der Waals surface area contributed by atoms with Crippen LogP contribution in [0.3, 0.4) is 0 Å². The van der Waals surface area contributed by atoms with Gasteiger partial charge in [0.1, 0.15) is 5.78 Å². The molecule has 2 aliphatic heterocycles. The fourth-order valence-electron chi connectivity index (χ4n) is 8.87. The molecule has 0 aromatic carbocycles. The Hall–Kier alpha value is -1.16. The maximum atomic E-state index is 14.1. The number of carbonyl (C=O) groups excluding carboxylic acids is 1. The standard InChI is InChI=1S/C22H29NO3/c1-11-9-23-10-13-5-3-12-4-6-14-16(20(25)26)8-22(18(12)14)19(24)15(11)7-17(23)21(13,22)2/h11,13-17H,3-10H2,1-2H3,(H,25,26)/t11?,13?,14-,15+,16?,17?,21-,22+/m1/s1. The molecule has 8 atom stereocenters. The summed E-state index contributed by atoms with van der Waals surface area (Å²) in [6.07, 6.45) is 5.91. The Morgan fingerprint density at radius 1 is 1.19 bits per heavy atom. The number of hydrogen-bond donors (Lipinski definition) is 1. The molecule has 2 saturated heterocycles. The van der Waals surface area contributed by atoms with E-state index in [1.165, 1.54) is 17.6 Å². The average molecular weight is 355 g/mol. The third-order valence-corrected chi connectivity index (χ3v) is 9.89. The molecule has 0 radical (unpaired) electrons. The van der Waals surface area contributed by atoms with Gasteiger partial charge in [0.15, 0.2) is 0 Å². The molecular formula is C22H29NO3. The molecule has 4 heteroatoms. The largest absolute Gasteiger partial charge is 0.481 e. The highest BCUT2D eigenvalue weighted by molar-refractivity contribution is 5.95.